The van der Waals surface area contributed by atoms with Crippen molar-refractivity contribution in [2.45, 2.75) is 6.42 Å². The first-order chi connectivity index (χ1) is 9.61. The topological polar surface area (TPSA) is 51.9 Å². The largest absolute Gasteiger partial charge is 0.493 e. The van der Waals surface area contributed by atoms with Gasteiger partial charge >= 0.3 is 5.63 Å². The van der Waals surface area contributed by atoms with Gasteiger partial charge in [-0.1, -0.05) is 0 Å². The fourth-order valence-corrected chi connectivity index (χ4v) is 1.94. The normalized spacial score (nSPS) is 10.5. The van der Waals surface area contributed by atoms with Gasteiger partial charge in [-0.2, -0.15) is 0 Å². The minimum Gasteiger partial charge on any atom is -0.493 e. The third-order valence-electron chi connectivity index (χ3n) is 2.92. The Labute approximate surface area is 129 Å². The number of fused-ring (bicyclic) bond motifs is 1. The second-order valence-electron chi connectivity index (χ2n) is 4.78. The molecule has 0 aliphatic rings. The van der Waals surface area contributed by atoms with E-state index in [1.54, 1.807) is 13.2 Å². The van der Waals surface area contributed by atoms with Crippen molar-refractivity contribution in [2.24, 2.45) is 0 Å². The van der Waals surface area contributed by atoms with Crippen molar-refractivity contribution >= 4 is 23.4 Å². The molecule has 0 saturated carbocycles. The van der Waals surface area contributed by atoms with E-state index in [0.29, 0.717) is 23.7 Å². The molecule has 0 atom stereocenters. The summed E-state index contributed by atoms with van der Waals surface area (Å²) in [5.41, 5.74) is 0.0330. The second-order valence-corrected chi connectivity index (χ2v) is 4.78. The van der Waals surface area contributed by atoms with E-state index < -0.39 is 5.63 Å². The van der Waals surface area contributed by atoms with Crippen LogP contribution in [0.15, 0.2) is 33.5 Å². The van der Waals surface area contributed by atoms with E-state index in [9.17, 15) is 4.79 Å². The minimum absolute atomic E-state index is 0. The molecule has 2 aromatic rings. The molecule has 6 heteroatoms. The molecule has 1 aromatic carbocycles. The fourth-order valence-electron chi connectivity index (χ4n) is 1.94. The van der Waals surface area contributed by atoms with Crippen LogP contribution in [0.3, 0.4) is 0 Å². The van der Waals surface area contributed by atoms with Crippen LogP contribution in [-0.2, 0) is 0 Å². The van der Waals surface area contributed by atoms with Crippen LogP contribution >= 0.6 is 12.4 Å². The maximum atomic E-state index is 11.4. The zero-order valence-corrected chi connectivity index (χ0v) is 13.2. The summed E-state index contributed by atoms with van der Waals surface area (Å²) >= 11 is 0. The van der Waals surface area contributed by atoms with E-state index in [4.69, 9.17) is 13.9 Å². The summed E-state index contributed by atoms with van der Waals surface area (Å²) in [6.07, 6.45) is 0.879. The van der Waals surface area contributed by atoms with E-state index in [-0.39, 0.29) is 12.4 Å². The Balaban J connectivity index is 0.00000220. The fraction of sp³-hybridized carbons (Fsp3) is 0.400. The first-order valence-corrected chi connectivity index (χ1v) is 6.50. The Bertz CT molecular complexity index is 639. The number of halogens is 1. The van der Waals surface area contributed by atoms with Gasteiger partial charge in [-0.25, -0.2) is 4.79 Å². The third kappa shape index (κ3) is 4.37. The van der Waals surface area contributed by atoms with Crippen LogP contribution < -0.4 is 15.1 Å². The molecule has 0 N–H and O–H groups in total. The zero-order valence-electron chi connectivity index (χ0n) is 12.4. The maximum absolute atomic E-state index is 11.4. The number of benzene rings is 1. The summed E-state index contributed by atoms with van der Waals surface area (Å²) in [7, 11) is 5.59. The lowest BCUT2D eigenvalue weighted by molar-refractivity contribution is 0.267. The molecule has 2 rings (SSSR count). The smallest absolute Gasteiger partial charge is 0.336 e. The maximum Gasteiger partial charge on any atom is 0.336 e. The van der Waals surface area contributed by atoms with Crippen LogP contribution in [0.5, 0.6) is 11.5 Å². The number of rotatable bonds is 6. The number of nitrogens with zero attached hydrogens (tertiary/aromatic N) is 1. The molecule has 0 aliphatic carbocycles. The number of ether oxygens (including phenoxy) is 2. The number of hydrogen-bond acceptors (Lipinski definition) is 5. The zero-order chi connectivity index (χ0) is 14.5. The average molecular weight is 314 g/mol. The molecule has 0 unspecified atom stereocenters. The first kappa shape index (κ1) is 17.3. The predicted octanol–water partition coefficient (Wildman–Crippen LogP) is 2.55. The molecule has 0 aliphatic heterocycles. The first-order valence-electron chi connectivity index (χ1n) is 6.50. The summed E-state index contributed by atoms with van der Waals surface area (Å²) in [5.74, 6) is 1.05. The van der Waals surface area contributed by atoms with Crippen molar-refractivity contribution in [3.05, 3.63) is 34.7 Å². The predicted molar refractivity (Wildman–Crippen MR) is 85.0 cm³/mol. The highest BCUT2D eigenvalue weighted by Crippen LogP contribution is 2.34. The Kier molecular flexibility index (Phi) is 6.52. The SMILES string of the molecule is COc1ccc2ccc(=O)oc2c1OCCCN(C)C.Cl. The Morgan fingerprint density at radius 3 is 2.57 bits per heavy atom. The molecular weight excluding hydrogens is 294 g/mol. The number of hydrogen-bond donors (Lipinski definition) is 0. The standard InChI is InChI=1S/C15H19NO4.ClH/c1-16(2)9-4-10-19-15-12(18-3)7-5-11-6-8-13(17)20-14(11)15;/h5-8H,4,9-10H2,1-3H3;1H. The van der Waals surface area contributed by atoms with Gasteiger partial charge in [0.05, 0.1) is 13.7 Å². The molecule has 0 spiro atoms. The second kappa shape index (κ2) is 7.90. The molecule has 1 heterocycles. The molecule has 0 radical (unpaired) electrons. The number of methoxy groups -OCH3 is 1. The molecule has 0 amide bonds. The summed E-state index contributed by atoms with van der Waals surface area (Å²) in [5, 5.41) is 0.813. The van der Waals surface area contributed by atoms with Crippen molar-refractivity contribution in [3.63, 3.8) is 0 Å². The van der Waals surface area contributed by atoms with E-state index >= 15 is 0 Å². The highest BCUT2D eigenvalue weighted by Gasteiger charge is 2.12. The Morgan fingerprint density at radius 1 is 1.19 bits per heavy atom. The van der Waals surface area contributed by atoms with Crippen LogP contribution in [0, 0.1) is 0 Å². The highest BCUT2D eigenvalue weighted by molar-refractivity contribution is 5.85. The molecule has 0 bridgehead atoms. The average Bonchev–Trinajstić information content (AvgIpc) is 2.43. The van der Waals surface area contributed by atoms with E-state index in [1.165, 1.54) is 6.07 Å². The lowest BCUT2D eigenvalue weighted by Crippen LogP contribution is -2.15. The van der Waals surface area contributed by atoms with Gasteiger partial charge in [0, 0.05) is 18.0 Å². The minimum atomic E-state index is -0.399. The molecule has 0 saturated heterocycles. The molecule has 21 heavy (non-hydrogen) atoms. The van der Waals surface area contributed by atoms with Gasteiger partial charge in [0.2, 0.25) is 5.75 Å². The molecular formula is C15H20ClNO4. The van der Waals surface area contributed by atoms with E-state index in [1.807, 2.05) is 26.2 Å². The van der Waals surface area contributed by atoms with Crippen molar-refractivity contribution in [2.75, 3.05) is 34.4 Å². The van der Waals surface area contributed by atoms with Crippen molar-refractivity contribution in [1.82, 2.24) is 4.90 Å². The van der Waals surface area contributed by atoms with Crippen LogP contribution in [0.2, 0.25) is 0 Å². The van der Waals surface area contributed by atoms with Crippen molar-refractivity contribution in [1.29, 1.82) is 0 Å². The highest BCUT2D eigenvalue weighted by atomic mass is 35.5. The summed E-state index contributed by atoms with van der Waals surface area (Å²) in [6, 6.07) is 6.76. The molecule has 116 valence electrons. The van der Waals surface area contributed by atoms with Crippen molar-refractivity contribution in [3.8, 4) is 11.5 Å². The van der Waals surface area contributed by atoms with E-state index in [2.05, 4.69) is 4.90 Å². The van der Waals surface area contributed by atoms with Crippen molar-refractivity contribution < 1.29 is 13.9 Å². The van der Waals surface area contributed by atoms with Crippen LogP contribution in [0.4, 0.5) is 0 Å². The summed E-state index contributed by atoms with van der Waals surface area (Å²) in [4.78, 5) is 13.5. The van der Waals surface area contributed by atoms with Crippen LogP contribution in [-0.4, -0.2) is 39.3 Å². The lowest BCUT2D eigenvalue weighted by Gasteiger charge is -2.13. The van der Waals surface area contributed by atoms with Gasteiger partial charge in [-0.3, -0.25) is 0 Å². The molecule has 0 fully saturated rings. The Hall–Kier alpha value is -1.72. The van der Waals surface area contributed by atoms with Gasteiger partial charge in [0.25, 0.3) is 0 Å². The van der Waals surface area contributed by atoms with Gasteiger partial charge < -0.3 is 18.8 Å². The van der Waals surface area contributed by atoms with Crippen LogP contribution in [0.1, 0.15) is 6.42 Å². The molecule has 5 nitrogen and oxygen atoms in total. The quantitative estimate of drug-likeness (QED) is 0.606. The summed E-state index contributed by atoms with van der Waals surface area (Å²) < 4.78 is 16.3. The van der Waals surface area contributed by atoms with Gasteiger partial charge in [-0.05, 0) is 38.7 Å². The monoisotopic (exact) mass is 313 g/mol. The Morgan fingerprint density at radius 2 is 1.90 bits per heavy atom. The van der Waals surface area contributed by atoms with Gasteiger partial charge in [0.1, 0.15) is 0 Å². The van der Waals surface area contributed by atoms with E-state index in [0.717, 1.165) is 18.4 Å². The lowest BCUT2D eigenvalue weighted by atomic mass is 10.2. The van der Waals surface area contributed by atoms with Crippen LogP contribution in [0.25, 0.3) is 11.0 Å². The third-order valence-corrected chi connectivity index (χ3v) is 2.92. The van der Waals surface area contributed by atoms with Gasteiger partial charge in [0.15, 0.2) is 11.3 Å². The van der Waals surface area contributed by atoms with Gasteiger partial charge in [-0.15, -0.1) is 12.4 Å². The molecule has 1 aromatic heterocycles. The summed E-state index contributed by atoms with van der Waals surface area (Å²) in [6.45, 7) is 1.46.